The number of hydrogen-bond acceptors (Lipinski definition) is 3. The summed E-state index contributed by atoms with van der Waals surface area (Å²) >= 11 is 5.87. The van der Waals surface area contributed by atoms with E-state index in [-0.39, 0.29) is 16.3 Å². The first kappa shape index (κ1) is 20.7. The summed E-state index contributed by atoms with van der Waals surface area (Å²) in [6.45, 7) is 1.32. The summed E-state index contributed by atoms with van der Waals surface area (Å²) in [4.78, 5) is 24.8. The average Bonchev–Trinajstić information content (AvgIpc) is 2.68. The Bertz CT molecular complexity index is 1080. The molecule has 0 aromatic heterocycles. The van der Waals surface area contributed by atoms with Crippen molar-refractivity contribution in [3.8, 4) is 0 Å². The monoisotopic (exact) mass is 421 g/mol. The van der Waals surface area contributed by atoms with Gasteiger partial charge in [-0.05, 0) is 42.0 Å². The Balaban J connectivity index is 1.75. The van der Waals surface area contributed by atoms with Crippen molar-refractivity contribution in [1.29, 1.82) is 0 Å². The quantitative estimate of drug-likeness (QED) is 0.550. The highest BCUT2D eigenvalue weighted by Gasteiger charge is 2.31. The third-order valence-electron chi connectivity index (χ3n) is 4.21. The predicted octanol–water partition coefficient (Wildman–Crippen LogP) is 5.70. The molecule has 1 unspecified atom stereocenters. The first-order chi connectivity index (χ1) is 13.7. The number of fused-ring (bicyclic) bond motifs is 1. The van der Waals surface area contributed by atoms with E-state index in [9.17, 15) is 22.8 Å². The first-order valence-corrected chi connectivity index (χ1v) is 8.91. The molecule has 8 heteroatoms. The Kier molecular flexibility index (Phi) is 5.79. The topological polar surface area (TPSA) is 55.4 Å². The number of rotatable bonds is 4. The molecule has 150 valence electrons. The molecule has 0 saturated heterocycles. The average molecular weight is 422 g/mol. The predicted molar refractivity (Wildman–Crippen MR) is 104 cm³/mol. The lowest BCUT2D eigenvalue weighted by atomic mass is 10.0. The molecule has 0 bridgehead atoms. The minimum Gasteiger partial charge on any atom is -0.449 e. The third-order valence-corrected chi connectivity index (χ3v) is 4.54. The molecule has 3 aromatic carbocycles. The Morgan fingerprint density at radius 2 is 1.72 bits per heavy atom. The SMILES string of the molecule is CC(OC(=O)c1cccc2ccccc12)C(=O)Nc1cc(C(F)(F)F)ccc1Cl. The van der Waals surface area contributed by atoms with E-state index in [4.69, 9.17) is 16.3 Å². The number of nitrogens with one attached hydrogen (secondary N) is 1. The van der Waals surface area contributed by atoms with Gasteiger partial charge in [-0.1, -0.05) is 48.0 Å². The van der Waals surface area contributed by atoms with Gasteiger partial charge in [0.05, 0.1) is 21.8 Å². The zero-order valence-electron chi connectivity index (χ0n) is 15.1. The number of hydrogen-bond donors (Lipinski definition) is 1. The molecule has 3 rings (SSSR count). The van der Waals surface area contributed by atoms with E-state index in [0.29, 0.717) is 5.39 Å². The molecular weight excluding hydrogens is 407 g/mol. The molecule has 0 aliphatic carbocycles. The van der Waals surface area contributed by atoms with Crippen LogP contribution in [0.25, 0.3) is 10.8 Å². The van der Waals surface area contributed by atoms with E-state index >= 15 is 0 Å². The Hall–Kier alpha value is -3.06. The first-order valence-electron chi connectivity index (χ1n) is 8.53. The van der Waals surface area contributed by atoms with Gasteiger partial charge in [0.25, 0.3) is 5.91 Å². The van der Waals surface area contributed by atoms with Gasteiger partial charge in [0.15, 0.2) is 6.10 Å². The van der Waals surface area contributed by atoms with Crippen LogP contribution in [0.1, 0.15) is 22.8 Å². The number of carbonyl (C=O) groups is 2. The summed E-state index contributed by atoms with van der Waals surface area (Å²) in [5.74, 6) is -1.53. The summed E-state index contributed by atoms with van der Waals surface area (Å²) < 4.78 is 43.8. The van der Waals surface area contributed by atoms with Gasteiger partial charge in [-0.15, -0.1) is 0 Å². The molecule has 0 fully saturated rings. The lowest BCUT2D eigenvalue weighted by Crippen LogP contribution is -2.30. The molecule has 0 heterocycles. The summed E-state index contributed by atoms with van der Waals surface area (Å²) in [6.07, 6.45) is -5.84. The van der Waals surface area contributed by atoms with Gasteiger partial charge in [0.2, 0.25) is 0 Å². The van der Waals surface area contributed by atoms with Gasteiger partial charge in [0.1, 0.15) is 0 Å². The number of benzene rings is 3. The van der Waals surface area contributed by atoms with E-state index < -0.39 is 29.7 Å². The van der Waals surface area contributed by atoms with Crippen molar-refractivity contribution in [1.82, 2.24) is 0 Å². The number of ether oxygens (including phenoxy) is 1. The zero-order chi connectivity index (χ0) is 21.2. The molecule has 3 aromatic rings. The van der Waals surface area contributed by atoms with Crippen LogP contribution >= 0.6 is 11.6 Å². The van der Waals surface area contributed by atoms with Crippen LogP contribution in [-0.4, -0.2) is 18.0 Å². The summed E-state index contributed by atoms with van der Waals surface area (Å²) in [7, 11) is 0. The molecule has 0 aliphatic heterocycles. The van der Waals surface area contributed by atoms with E-state index in [1.807, 2.05) is 18.2 Å². The molecule has 0 spiro atoms. The standard InChI is InChI=1S/C21H15ClF3NO3/c1-12(19(27)26-18-11-14(21(23,24)25)9-10-17(18)22)29-20(28)16-8-4-6-13-5-2-3-7-15(13)16/h2-12H,1H3,(H,26,27). The Labute approximate surface area is 169 Å². The molecule has 1 N–H and O–H groups in total. The highest BCUT2D eigenvalue weighted by atomic mass is 35.5. The zero-order valence-corrected chi connectivity index (χ0v) is 15.8. The molecule has 0 aliphatic rings. The molecule has 1 amide bonds. The van der Waals surface area contributed by atoms with E-state index in [0.717, 1.165) is 23.6 Å². The van der Waals surface area contributed by atoms with Crippen molar-refractivity contribution in [2.75, 3.05) is 5.32 Å². The maximum atomic E-state index is 12.9. The fourth-order valence-corrected chi connectivity index (χ4v) is 2.88. The smallest absolute Gasteiger partial charge is 0.416 e. The molecule has 0 saturated carbocycles. The van der Waals surface area contributed by atoms with Crippen LogP contribution in [0.15, 0.2) is 60.7 Å². The minimum atomic E-state index is -4.59. The van der Waals surface area contributed by atoms with Crippen molar-refractivity contribution in [3.63, 3.8) is 0 Å². The highest BCUT2D eigenvalue weighted by Crippen LogP contribution is 2.34. The van der Waals surface area contributed by atoms with Crippen molar-refractivity contribution in [2.45, 2.75) is 19.2 Å². The molecular formula is C21H15ClF3NO3. The summed E-state index contributed by atoms with van der Waals surface area (Å²) in [5, 5.41) is 3.69. The van der Waals surface area contributed by atoms with Crippen LogP contribution in [-0.2, 0) is 15.7 Å². The Morgan fingerprint density at radius 3 is 2.45 bits per heavy atom. The van der Waals surface area contributed by atoms with Gasteiger partial charge >= 0.3 is 12.1 Å². The molecule has 1 atom stereocenters. The number of esters is 1. The van der Waals surface area contributed by atoms with Crippen molar-refractivity contribution in [2.24, 2.45) is 0 Å². The number of anilines is 1. The normalized spacial score (nSPS) is 12.4. The second-order valence-corrected chi connectivity index (χ2v) is 6.66. The lowest BCUT2D eigenvalue weighted by molar-refractivity contribution is -0.137. The van der Waals surface area contributed by atoms with Gasteiger partial charge in [-0.25, -0.2) is 4.79 Å². The third kappa shape index (κ3) is 4.68. The van der Waals surface area contributed by atoms with Crippen LogP contribution in [0.5, 0.6) is 0 Å². The number of carbonyl (C=O) groups excluding carboxylic acids is 2. The fraction of sp³-hybridized carbons (Fsp3) is 0.143. The van der Waals surface area contributed by atoms with Crippen LogP contribution in [0.2, 0.25) is 5.02 Å². The van der Waals surface area contributed by atoms with Gasteiger partial charge < -0.3 is 10.1 Å². The fourth-order valence-electron chi connectivity index (χ4n) is 2.71. The number of halogens is 4. The van der Waals surface area contributed by atoms with Crippen LogP contribution in [0, 0.1) is 0 Å². The van der Waals surface area contributed by atoms with Gasteiger partial charge in [0, 0.05) is 0 Å². The summed E-state index contributed by atoms with van der Waals surface area (Å²) in [5.41, 5.74) is -0.906. The van der Waals surface area contributed by atoms with E-state index in [1.165, 1.54) is 6.92 Å². The van der Waals surface area contributed by atoms with E-state index in [1.54, 1.807) is 24.3 Å². The second kappa shape index (κ2) is 8.13. The molecule has 29 heavy (non-hydrogen) atoms. The maximum Gasteiger partial charge on any atom is 0.416 e. The van der Waals surface area contributed by atoms with Crippen molar-refractivity contribution >= 4 is 39.9 Å². The molecule has 0 radical (unpaired) electrons. The highest BCUT2D eigenvalue weighted by molar-refractivity contribution is 6.33. The maximum absolute atomic E-state index is 12.9. The van der Waals surface area contributed by atoms with Crippen LogP contribution in [0.4, 0.5) is 18.9 Å². The van der Waals surface area contributed by atoms with Crippen LogP contribution < -0.4 is 5.32 Å². The van der Waals surface area contributed by atoms with Crippen molar-refractivity contribution < 1.29 is 27.5 Å². The summed E-state index contributed by atoms with van der Waals surface area (Å²) in [6, 6.07) is 14.8. The Morgan fingerprint density at radius 1 is 1.03 bits per heavy atom. The molecule has 4 nitrogen and oxygen atoms in total. The number of amides is 1. The van der Waals surface area contributed by atoms with Gasteiger partial charge in [-0.2, -0.15) is 13.2 Å². The second-order valence-electron chi connectivity index (χ2n) is 6.26. The van der Waals surface area contributed by atoms with Crippen molar-refractivity contribution in [3.05, 3.63) is 76.8 Å². The van der Waals surface area contributed by atoms with Gasteiger partial charge in [-0.3, -0.25) is 4.79 Å². The number of alkyl halides is 3. The van der Waals surface area contributed by atoms with Crippen LogP contribution in [0.3, 0.4) is 0 Å². The largest absolute Gasteiger partial charge is 0.449 e. The lowest BCUT2D eigenvalue weighted by Gasteiger charge is -2.16. The minimum absolute atomic E-state index is 0.0704. The van der Waals surface area contributed by atoms with E-state index in [2.05, 4.69) is 5.32 Å².